The first-order valence-electron chi connectivity index (χ1n) is 5.81. The first-order valence-corrected chi connectivity index (χ1v) is 7.84. The smallest absolute Gasteiger partial charge is 0.207 e. The van der Waals surface area contributed by atoms with Crippen LogP contribution in [0.3, 0.4) is 0 Å². The van der Waals surface area contributed by atoms with Crippen LogP contribution in [0.15, 0.2) is 24.3 Å². The van der Waals surface area contributed by atoms with Crippen molar-refractivity contribution in [2.75, 3.05) is 5.75 Å². The fourth-order valence-electron chi connectivity index (χ4n) is 1.67. The van der Waals surface area contributed by atoms with Gasteiger partial charge in [0.2, 0.25) is 4.21 Å². The van der Waals surface area contributed by atoms with Crippen molar-refractivity contribution in [3.8, 4) is 0 Å². The van der Waals surface area contributed by atoms with Crippen LogP contribution in [0.5, 0.6) is 0 Å². The fourth-order valence-corrected chi connectivity index (χ4v) is 3.41. The van der Waals surface area contributed by atoms with Gasteiger partial charge in [-0.05, 0) is 13.3 Å². The molecule has 0 amide bonds. The van der Waals surface area contributed by atoms with Gasteiger partial charge < -0.3 is 0 Å². The summed E-state index contributed by atoms with van der Waals surface area (Å²) < 4.78 is 22.1. The number of sulfone groups is 1. The summed E-state index contributed by atoms with van der Waals surface area (Å²) in [5, 5.41) is 0. The van der Waals surface area contributed by atoms with Crippen LogP contribution in [0.4, 0.5) is 0 Å². The highest BCUT2D eigenvalue weighted by molar-refractivity contribution is 7.95. The molecule has 0 aliphatic heterocycles. The first kappa shape index (κ1) is 15.2. The molecular weight excluding hydrogens is 272 g/mol. The van der Waals surface area contributed by atoms with Gasteiger partial charge in [-0.3, -0.25) is 4.79 Å². The number of halogens is 1. The summed E-state index contributed by atoms with van der Waals surface area (Å²) in [5.41, 5.74) is 1.33. The number of alkyl halides is 1. The number of Topliss-reactive ketones (excluding diaryl/α,β-unsaturated/α-hetero) is 1. The molecule has 0 aliphatic rings. The lowest BCUT2D eigenvalue weighted by Gasteiger charge is -2.23. The van der Waals surface area contributed by atoms with Crippen molar-refractivity contribution in [3.63, 3.8) is 0 Å². The predicted octanol–water partition coefficient (Wildman–Crippen LogP) is 2.96. The van der Waals surface area contributed by atoms with E-state index in [1.807, 2.05) is 6.92 Å². The van der Waals surface area contributed by atoms with Crippen LogP contribution in [0, 0.1) is 6.92 Å². The van der Waals surface area contributed by atoms with E-state index in [1.54, 1.807) is 31.2 Å². The van der Waals surface area contributed by atoms with E-state index in [2.05, 4.69) is 0 Å². The van der Waals surface area contributed by atoms with E-state index >= 15 is 0 Å². The maximum atomic E-state index is 12.3. The highest BCUT2D eigenvalue weighted by Gasteiger charge is 2.46. The summed E-state index contributed by atoms with van der Waals surface area (Å²) >= 11 is 6.10. The average Bonchev–Trinajstić information content (AvgIpc) is 2.37. The molecule has 1 aromatic rings. The third-order valence-electron chi connectivity index (χ3n) is 2.98. The molecule has 3 nitrogen and oxygen atoms in total. The Labute approximate surface area is 113 Å². The maximum Gasteiger partial charge on any atom is 0.207 e. The van der Waals surface area contributed by atoms with Crippen molar-refractivity contribution < 1.29 is 13.2 Å². The van der Waals surface area contributed by atoms with Gasteiger partial charge in [0.15, 0.2) is 15.6 Å². The predicted molar refractivity (Wildman–Crippen MR) is 73.8 cm³/mol. The Morgan fingerprint density at radius 3 is 2.11 bits per heavy atom. The molecule has 0 saturated carbocycles. The standard InChI is InChI=1S/C13H17ClO3S/c1-4-13(14,18(16,17)5-2)12(15)11-8-6-10(3)7-9-11/h6-9H,4-5H2,1-3H3/t13-/m0/s1. The van der Waals surface area contributed by atoms with E-state index in [9.17, 15) is 13.2 Å². The van der Waals surface area contributed by atoms with Gasteiger partial charge in [-0.15, -0.1) is 0 Å². The third-order valence-corrected chi connectivity index (χ3v) is 6.34. The minimum atomic E-state index is -3.65. The third kappa shape index (κ3) is 2.59. The zero-order valence-electron chi connectivity index (χ0n) is 10.7. The van der Waals surface area contributed by atoms with Crippen molar-refractivity contribution in [2.24, 2.45) is 0 Å². The van der Waals surface area contributed by atoms with E-state index in [1.165, 1.54) is 6.92 Å². The van der Waals surface area contributed by atoms with Crippen molar-refractivity contribution in [2.45, 2.75) is 31.4 Å². The molecule has 0 spiro atoms. The second kappa shape index (κ2) is 5.41. The highest BCUT2D eigenvalue weighted by Crippen LogP contribution is 2.32. The number of aryl methyl sites for hydroxylation is 1. The molecule has 0 aliphatic carbocycles. The molecule has 0 heterocycles. The van der Waals surface area contributed by atoms with Crippen LogP contribution in [0.1, 0.15) is 36.2 Å². The van der Waals surface area contributed by atoms with Crippen LogP contribution in [-0.4, -0.2) is 24.2 Å². The topological polar surface area (TPSA) is 51.2 Å². The van der Waals surface area contributed by atoms with Crippen molar-refractivity contribution >= 4 is 27.2 Å². The average molecular weight is 289 g/mol. The van der Waals surface area contributed by atoms with E-state index in [0.29, 0.717) is 5.56 Å². The van der Waals surface area contributed by atoms with Crippen molar-refractivity contribution in [1.82, 2.24) is 0 Å². The summed E-state index contributed by atoms with van der Waals surface area (Å²) in [5.74, 6) is -0.699. The van der Waals surface area contributed by atoms with E-state index in [0.717, 1.165) is 5.56 Å². The molecule has 0 unspecified atom stereocenters. The Hall–Kier alpha value is -0.870. The number of carbonyl (C=O) groups excluding carboxylic acids is 1. The summed E-state index contributed by atoms with van der Waals surface area (Å²) in [4.78, 5) is 12.3. The molecule has 1 aromatic carbocycles. The Kier molecular flexibility index (Phi) is 4.56. The Morgan fingerprint density at radius 1 is 1.22 bits per heavy atom. The van der Waals surface area contributed by atoms with Gasteiger partial charge >= 0.3 is 0 Å². The molecule has 0 N–H and O–H groups in total. The molecule has 0 fully saturated rings. The van der Waals surface area contributed by atoms with Crippen LogP contribution in [0.25, 0.3) is 0 Å². The van der Waals surface area contributed by atoms with Gasteiger partial charge in [0.05, 0.1) is 0 Å². The molecule has 0 bridgehead atoms. The summed E-state index contributed by atoms with van der Waals surface area (Å²) in [6.45, 7) is 4.99. The molecule has 100 valence electrons. The number of hydrogen-bond donors (Lipinski definition) is 0. The van der Waals surface area contributed by atoms with Gasteiger partial charge in [0.1, 0.15) is 0 Å². The summed E-state index contributed by atoms with van der Waals surface area (Å²) in [6, 6.07) is 6.74. The van der Waals surface area contributed by atoms with Gasteiger partial charge in [0, 0.05) is 11.3 Å². The van der Waals surface area contributed by atoms with E-state index in [4.69, 9.17) is 11.6 Å². The summed E-state index contributed by atoms with van der Waals surface area (Å²) in [7, 11) is -3.65. The van der Waals surface area contributed by atoms with Crippen LogP contribution in [0.2, 0.25) is 0 Å². The lowest BCUT2D eigenvalue weighted by Crippen LogP contribution is -2.41. The molecule has 0 aromatic heterocycles. The Bertz CT molecular complexity index is 534. The first-order chi connectivity index (χ1) is 8.28. The number of carbonyl (C=O) groups is 1. The number of benzene rings is 1. The number of hydrogen-bond acceptors (Lipinski definition) is 3. The zero-order chi connectivity index (χ0) is 14.0. The monoisotopic (exact) mass is 288 g/mol. The van der Waals surface area contributed by atoms with Crippen molar-refractivity contribution in [1.29, 1.82) is 0 Å². The summed E-state index contributed by atoms with van der Waals surface area (Å²) in [6.07, 6.45) is 0.0530. The highest BCUT2D eigenvalue weighted by atomic mass is 35.5. The van der Waals surface area contributed by atoms with E-state index < -0.39 is 19.8 Å². The van der Waals surface area contributed by atoms with Crippen LogP contribution >= 0.6 is 11.6 Å². The Balaban J connectivity index is 3.26. The molecule has 0 saturated heterocycles. The minimum absolute atomic E-state index is 0.0530. The lowest BCUT2D eigenvalue weighted by molar-refractivity contribution is 0.0970. The fraction of sp³-hybridized carbons (Fsp3) is 0.462. The molecular formula is C13H17ClO3S. The van der Waals surface area contributed by atoms with Gasteiger partial charge in [-0.2, -0.15) is 0 Å². The normalized spacial score (nSPS) is 15.1. The van der Waals surface area contributed by atoms with Gasteiger partial charge in [0.25, 0.3) is 0 Å². The van der Waals surface area contributed by atoms with Gasteiger partial charge in [-0.1, -0.05) is 55.3 Å². The Morgan fingerprint density at radius 2 is 1.72 bits per heavy atom. The molecule has 18 heavy (non-hydrogen) atoms. The number of ketones is 1. The second-order valence-corrected chi connectivity index (χ2v) is 7.55. The van der Waals surface area contributed by atoms with E-state index in [-0.39, 0.29) is 12.2 Å². The lowest BCUT2D eigenvalue weighted by atomic mass is 10.0. The SMILES string of the molecule is CC[C@@](Cl)(C(=O)c1ccc(C)cc1)S(=O)(=O)CC. The molecule has 1 rings (SSSR count). The quantitative estimate of drug-likeness (QED) is 0.618. The molecule has 0 radical (unpaired) electrons. The van der Waals surface area contributed by atoms with Crippen LogP contribution in [-0.2, 0) is 9.84 Å². The largest absolute Gasteiger partial charge is 0.291 e. The second-order valence-electron chi connectivity index (χ2n) is 4.18. The number of rotatable bonds is 5. The van der Waals surface area contributed by atoms with Gasteiger partial charge in [-0.25, -0.2) is 8.42 Å². The maximum absolute atomic E-state index is 12.3. The van der Waals surface area contributed by atoms with Crippen molar-refractivity contribution in [3.05, 3.63) is 35.4 Å². The van der Waals surface area contributed by atoms with Crippen LogP contribution < -0.4 is 0 Å². The molecule has 1 atom stereocenters. The zero-order valence-corrected chi connectivity index (χ0v) is 12.3. The minimum Gasteiger partial charge on any atom is -0.291 e. The molecule has 5 heteroatoms.